The summed E-state index contributed by atoms with van der Waals surface area (Å²) in [6.45, 7) is 0.192. The quantitative estimate of drug-likeness (QED) is 0.345. The number of carbonyl (C=O) groups is 2. The Morgan fingerprint density at radius 2 is 2.62 bits per heavy atom. The molecule has 1 heterocycles. The molecule has 1 fully saturated rings. The van der Waals surface area contributed by atoms with Crippen LogP contribution in [-0.2, 0) is 14.3 Å². The minimum Gasteiger partial charge on any atom is -0.449 e. The third-order valence-electron chi connectivity index (χ3n) is 1.64. The van der Waals surface area contributed by atoms with Gasteiger partial charge in [-0.25, -0.2) is 0 Å². The van der Waals surface area contributed by atoms with Crippen molar-refractivity contribution < 1.29 is 14.3 Å². The van der Waals surface area contributed by atoms with Gasteiger partial charge >= 0.3 is 11.9 Å². The van der Waals surface area contributed by atoms with Crippen LogP contribution in [0.3, 0.4) is 0 Å². The predicted octanol–water partition coefficient (Wildman–Crippen LogP) is -0.684. The number of amides is 1. The molecule has 2 N–H and O–H groups in total. The first-order valence-corrected chi connectivity index (χ1v) is 3.74. The minimum atomic E-state index is -0.503. The van der Waals surface area contributed by atoms with E-state index in [1.165, 1.54) is 0 Å². The van der Waals surface area contributed by atoms with Crippen molar-refractivity contribution in [2.45, 2.75) is 18.9 Å². The maximum absolute atomic E-state index is 10.9. The second kappa shape index (κ2) is 4.44. The smallest absolute Gasteiger partial charge is 0.330 e. The average Bonchev–Trinajstić information content (AvgIpc) is 2.48. The molecule has 0 aromatic heterocycles. The number of cyclic esters (lactones) is 1. The number of nitrogens with one attached hydrogen (secondary N) is 2. The van der Waals surface area contributed by atoms with E-state index >= 15 is 0 Å². The van der Waals surface area contributed by atoms with Gasteiger partial charge < -0.3 is 4.74 Å². The summed E-state index contributed by atoms with van der Waals surface area (Å²) in [6.07, 6.45) is 0.422. The summed E-state index contributed by atoms with van der Waals surface area (Å²) in [7, 11) is 0. The molecule has 1 aliphatic heterocycles. The van der Waals surface area contributed by atoms with Gasteiger partial charge in [0.2, 0.25) is 4.91 Å². The molecule has 0 aromatic carbocycles. The molecule has 1 aliphatic rings. The highest BCUT2D eigenvalue weighted by Crippen LogP contribution is 2.05. The fourth-order valence-corrected chi connectivity index (χ4v) is 0.991. The van der Waals surface area contributed by atoms with E-state index in [0.29, 0.717) is 6.42 Å². The summed E-state index contributed by atoms with van der Waals surface area (Å²) < 4.78 is 4.61. The number of hydrogen-bond acceptors (Lipinski definition) is 5. The normalized spacial score (nSPS) is 20.6. The summed E-state index contributed by atoms with van der Waals surface area (Å²) in [5.41, 5.74) is 6.29. The van der Waals surface area contributed by atoms with Crippen LogP contribution >= 0.6 is 0 Å². The molecule has 0 unspecified atom stereocenters. The van der Waals surface area contributed by atoms with Gasteiger partial charge in [0.25, 0.3) is 0 Å². The van der Waals surface area contributed by atoms with Crippen LogP contribution in [0, 0.1) is 5.53 Å². The van der Waals surface area contributed by atoms with Crippen LogP contribution in [0.25, 0.3) is 0 Å². The van der Waals surface area contributed by atoms with E-state index < -0.39 is 11.9 Å². The molecule has 1 saturated heterocycles. The number of ether oxygens (including phenoxy) is 1. The van der Waals surface area contributed by atoms with Crippen molar-refractivity contribution in [2.75, 3.05) is 6.73 Å². The molecule has 70 valence electrons. The van der Waals surface area contributed by atoms with Crippen LogP contribution in [-0.4, -0.2) is 24.6 Å². The van der Waals surface area contributed by atoms with Crippen molar-refractivity contribution in [3.63, 3.8) is 0 Å². The Kier molecular flexibility index (Phi) is 3.24. The summed E-state index contributed by atoms with van der Waals surface area (Å²) >= 11 is 0. The molecule has 1 rings (SSSR count). The van der Waals surface area contributed by atoms with Crippen LogP contribution in [0.15, 0.2) is 5.11 Å². The topological polar surface area (TPSA) is 106 Å². The molecule has 0 radical (unpaired) electrons. The van der Waals surface area contributed by atoms with Gasteiger partial charge in [-0.3, -0.25) is 14.9 Å². The first-order chi connectivity index (χ1) is 6.24. The molecule has 0 saturated carbocycles. The first-order valence-electron chi connectivity index (χ1n) is 3.74. The van der Waals surface area contributed by atoms with Gasteiger partial charge in [-0.2, -0.15) is 0 Å². The lowest BCUT2D eigenvalue weighted by Gasteiger charge is -2.00. The molecule has 0 bridgehead atoms. The molecule has 0 spiro atoms. The monoisotopic (exact) mass is 185 g/mol. The largest absolute Gasteiger partial charge is 0.449 e. The molecule has 1 amide bonds. The number of hydrogen-bond donors (Lipinski definition) is 2. The molecule has 1 atom stereocenters. The lowest BCUT2D eigenvalue weighted by Crippen LogP contribution is -2.27. The van der Waals surface area contributed by atoms with Gasteiger partial charge in [0, 0.05) is 6.42 Å². The first kappa shape index (κ1) is 9.50. The number of esters is 1. The van der Waals surface area contributed by atoms with E-state index in [-0.39, 0.29) is 19.1 Å². The van der Waals surface area contributed by atoms with Crippen LogP contribution < -0.4 is 10.2 Å². The fourth-order valence-electron chi connectivity index (χ4n) is 0.991. The van der Waals surface area contributed by atoms with Crippen molar-refractivity contribution >= 4 is 11.9 Å². The molecule has 0 aliphatic carbocycles. The van der Waals surface area contributed by atoms with Gasteiger partial charge in [-0.05, 0) is 6.42 Å². The SMILES string of the molecule is N=[N+]=NC(=O)CC[C@@H]1NCOC1=O. The number of carbonyl (C=O) groups excluding carboxylic acids is 2. The Morgan fingerprint density at radius 1 is 1.85 bits per heavy atom. The summed E-state index contributed by atoms with van der Waals surface area (Å²) in [5.74, 6) is -0.855. The van der Waals surface area contributed by atoms with E-state index in [4.69, 9.17) is 5.53 Å². The Labute approximate surface area is 73.7 Å². The Hall–Kier alpha value is -1.59. The highest BCUT2D eigenvalue weighted by atomic mass is 16.6. The maximum atomic E-state index is 10.9. The number of nitrogens with zero attached hydrogens (tertiary/aromatic N) is 2. The zero-order chi connectivity index (χ0) is 9.68. The maximum Gasteiger partial charge on any atom is 0.330 e. The van der Waals surface area contributed by atoms with Crippen LogP contribution in [0.1, 0.15) is 12.8 Å². The minimum absolute atomic E-state index is 0.0924. The molecular weight excluding hydrogens is 176 g/mol. The third-order valence-corrected chi connectivity index (χ3v) is 1.64. The van der Waals surface area contributed by atoms with Crippen molar-refractivity contribution in [3.8, 4) is 0 Å². The second-order valence-corrected chi connectivity index (χ2v) is 2.50. The molecular formula is C6H9N4O3+. The van der Waals surface area contributed by atoms with E-state index in [1.54, 1.807) is 0 Å². The van der Waals surface area contributed by atoms with E-state index in [9.17, 15) is 9.59 Å². The molecule has 7 nitrogen and oxygen atoms in total. The van der Waals surface area contributed by atoms with Gasteiger partial charge in [-0.15, -0.1) is 0 Å². The van der Waals surface area contributed by atoms with Crippen LogP contribution in [0.2, 0.25) is 0 Å². The molecule has 13 heavy (non-hydrogen) atoms. The number of rotatable bonds is 3. The van der Waals surface area contributed by atoms with Gasteiger partial charge in [0.15, 0.2) is 5.11 Å². The highest BCUT2D eigenvalue weighted by molar-refractivity contribution is 5.80. The standard InChI is InChI=1S/C6H9N4O3/c7-10-9-5(11)2-1-4-6(12)13-3-8-4/h4,7-8H,1-3H2/q+1/t4-/m0/s1. The predicted molar refractivity (Wildman–Crippen MR) is 39.4 cm³/mol. The van der Waals surface area contributed by atoms with Crippen LogP contribution in [0.5, 0.6) is 0 Å². The van der Waals surface area contributed by atoms with Gasteiger partial charge in [0.05, 0.1) is 0 Å². The lowest BCUT2D eigenvalue weighted by atomic mass is 10.1. The molecule has 0 aromatic rings. The van der Waals surface area contributed by atoms with Crippen LogP contribution in [0.4, 0.5) is 0 Å². The average molecular weight is 185 g/mol. The van der Waals surface area contributed by atoms with Crippen molar-refractivity contribution in [3.05, 3.63) is 0 Å². The summed E-state index contributed by atoms with van der Waals surface area (Å²) in [4.78, 5) is 24.2. The lowest BCUT2D eigenvalue weighted by molar-refractivity contribution is -0.139. The van der Waals surface area contributed by atoms with Gasteiger partial charge in [0.1, 0.15) is 18.3 Å². The Morgan fingerprint density at radius 3 is 3.15 bits per heavy atom. The van der Waals surface area contributed by atoms with Crippen molar-refractivity contribution in [2.24, 2.45) is 5.11 Å². The molecule has 7 heteroatoms. The Balaban J connectivity index is 2.29. The summed E-state index contributed by atoms with van der Waals surface area (Å²) in [5, 5.41) is 5.74. The van der Waals surface area contributed by atoms with Gasteiger partial charge in [-0.1, -0.05) is 0 Å². The third kappa shape index (κ3) is 2.73. The van der Waals surface area contributed by atoms with E-state index in [0.717, 1.165) is 0 Å². The van der Waals surface area contributed by atoms with Crippen molar-refractivity contribution in [1.29, 1.82) is 5.53 Å². The summed E-state index contributed by atoms with van der Waals surface area (Å²) in [6, 6.07) is -0.426. The fraction of sp³-hybridized carbons (Fsp3) is 0.667. The Bertz CT molecular complexity index is 271. The zero-order valence-corrected chi connectivity index (χ0v) is 6.82. The van der Waals surface area contributed by atoms with E-state index in [1.807, 2.05) is 0 Å². The highest BCUT2D eigenvalue weighted by Gasteiger charge is 2.26. The van der Waals surface area contributed by atoms with E-state index in [2.05, 4.69) is 20.1 Å². The zero-order valence-electron chi connectivity index (χ0n) is 6.82. The van der Waals surface area contributed by atoms with Crippen molar-refractivity contribution in [1.82, 2.24) is 10.2 Å². The second-order valence-electron chi connectivity index (χ2n) is 2.50.